The molecule has 0 saturated carbocycles. The van der Waals surface area contributed by atoms with Gasteiger partial charge in [0.15, 0.2) is 5.96 Å². The van der Waals surface area contributed by atoms with Crippen molar-refractivity contribution >= 4 is 117 Å². The largest absolute Gasteiger partial charge is 0.481 e. The molecule has 0 radical (unpaired) electrons. The summed E-state index contributed by atoms with van der Waals surface area (Å²) in [6, 6.07) is -3.81. The number of amides is 15. The van der Waals surface area contributed by atoms with E-state index in [-0.39, 0.29) is 95.5 Å². The standard InChI is InChI=1S/C90H138N22O21/c1-4-6-8-9-10-11-12-13-14-15-16-17-21-34-74(118)101-65(38-40-76(120)121)79(123)99-50-75(119)111-77(54(3)114)88(132)105-66(37-39-73(91)117)82(126)108-70(45-57-48-96-53-100-57)85(129)110-71(52-113)86(130)104-63(30-7-5-2)80(124)106-67-36-35-58(115)49-95-41-25-24-32-62(78(92)122)102-84(128)69(44-56-47-98-61-31-23-22-29-60(56)61)107-81(125)64(33-26-42-97-90(93)94)103-83(127)68(43-55-27-19-18-20-28-55)109-87(131)72-46-59(116)51-112(72)89(67)133/h18-20,22-23,27-29,31,47-48,53-54,59,62-72,77,95,98,113-114,116H,4-17,21,24-26,30,32-46,49-52H2,1-3H3,(H2,91,117)(H2,92,122)(H,96,100)(H,99,123)(H,101,118)(H,102,128)(H,103,127)(H,104,130)(H,105,132)(H,106,124)(H,107,125)(H,108,126)(H,109,131)(H,110,129)(H,111,119)(H,120,121)(H4,93,94,97)/t54?,59?,62-,63-,64-,65?,66-,67-,68?,69-,70-,71-,72-,77-/m0/s1. The molecule has 0 spiro atoms. The van der Waals surface area contributed by atoms with E-state index < -0.39 is 250 Å². The van der Waals surface area contributed by atoms with Crippen LogP contribution in [-0.4, -0.2) is 271 Å². The first-order chi connectivity index (χ1) is 63.7. The Morgan fingerprint density at radius 2 is 1.17 bits per heavy atom. The number of ketones is 1. The highest BCUT2D eigenvalue weighted by Gasteiger charge is 2.45. The van der Waals surface area contributed by atoms with Crippen molar-refractivity contribution in [2.24, 2.45) is 17.2 Å². The predicted molar refractivity (Wildman–Crippen MR) is 488 cm³/mol. The minimum absolute atomic E-state index is 0.00851. The van der Waals surface area contributed by atoms with Crippen LogP contribution in [0.25, 0.3) is 10.9 Å². The number of nitrogens with zero attached hydrogens (tertiary/aromatic N) is 2. The highest BCUT2D eigenvalue weighted by Crippen LogP contribution is 2.24. The Morgan fingerprint density at radius 3 is 1.82 bits per heavy atom. The van der Waals surface area contributed by atoms with Gasteiger partial charge in [0.1, 0.15) is 78.3 Å². The van der Waals surface area contributed by atoms with Crippen molar-refractivity contribution in [3.63, 3.8) is 0 Å². The fourth-order valence-electron chi connectivity index (χ4n) is 15.6. The summed E-state index contributed by atoms with van der Waals surface area (Å²) in [7, 11) is 0. The molecule has 0 aliphatic carbocycles. The Labute approximate surface area is 773 Å². The average Bonchev–Trinajstić information content (AvgIpc) is 1.69. The Morgan fingerprint density at radius 1 is 0.586 bits per heavy atom. The number of aromatic nitrogens is 3. The molecule has 4 aromatic rings. The molecule has 14 atom stereocenters. The molecule has 2 aliphatic rings. The van der Waals surface area contributed by atoms with Gasteiger partial charge in [-0.05, 0) is 94.9 Å². The highest BCUT2D eigenvalue weighted by molar-refractivity contribution is 6.01. The lowest BCUT2D eigenvalue weighted by Crippen LogP contribution is -2.61. The summed E-state index contributed by atoms with van der Waals surface area (Å²) in [6.07, 6.45) is 12.1. The number of carboxylic acid groups (broad SMARTS) is 1. The first-order valence-corrected chi connectivity index (χ1v) is 46.2. The van der Waals surface area contributed by atoms with E-state index in [1.165, 1.54) is 57.5 Å². The second kappa shape index (κ2) is 59.1. The topological polar surface area (TPSA) is 689 Å². The zero-order valence-corrected chi connectivity index (χ0v) is 76.2. The van der Waals surface area contributed by atoms with Crippen LogP contribution in [0.1, 0.15) is 224 Å². The van der Waals surface area contributed by atoms with E-state index >= 15 is 14.4 Å². The van der Waals surface area contributed by atoms with E-state index in [0.29, 0.717) is 41.3 Å². The number of carbonyl (C=O) groups excluding carboxylic acids is 16. The molecule has 4 heterocycles. The maximum absolute atomic E-state index is 15.4. The number of guanidine groups is 1. The minimum Gasteiger partial charge on any atom is -0.481 e. The number of para-hydroxylation sites is 1. The molecular formula is C90H138N22O21. The van der Waals surface area contributed by atoms with Crippen LogP contribution in [0.4, 0.5) is 0 Å². The average molecular weight is 1860 g/mol. The quantitative estimate of drug-likeness (QED) is 0.0134. The van der Waals surface area contributed by atoms with Gasteiger partial charge in [-0.25, -0.2) is 4.98 Å². The van der Waals surface area contributed by atoms with Gasteiger partial charge < -0.3 is 127 Å². The second-order valence-electron chi connectivity index (χ2n) is 34.0. The Hall–Kier alpha value is -12.5. The molecule has 27 N–H and O–H groups in total. The molecule has 15 amide bonds. The number of hydrogen-bond donors (Lipinski definition) is 24. The molecule has 43 nitrogen and oxygen atoms in total. The van der Waals surface area contributed by atoms with E-state index in [1.807, 2.05) is 6.07 Å². The third kappa shape index (κ3) is 39.8. The van der Waals surface area contributed by atoms with Crippen LogP contribution < -0.4 is 91.6 Å². The van der Waals surface area contributed by atoms with Gasteiger partial charge in [0, 0.05) is 87.8 Å². The molecule has 2 saturated heterocycles. The first kappa shape index (κ1) is 109. The van der Waals surface area contributed by atoms with Gasteiger partial charge in [0.2, 0.25) is 88.6 Å². The van der Waals surface area contributed by atoms with Crippen LogP contribution in [0.5, 0.6) is 0 Å². The lowest BCUT2D eigenvalue weighted by atomic mass is 10.0. The molecule has 2 fully saturated rings. The van der Waals surface area contributed by atoms with Crippen LogP contribution in [0.3, 0.4) is 0 Å². The zero-order chi connectivity index (χ0) is 97.3. The lowest BCUT2D eigenvalue weighted by Gasteiger charge is -2.31. The number of H-pyrrole nitrogens is 2. The number of primary amides is 2. The third-order valence-corrected chi connectivity index (χ3v) is 23.1. The molecular weight excluding hydrogens is 1730 g/mol. The van der Waals surface area contributed by atoms with Crippen LogP contribution in [0.2, 0.25) is 0 Å². The molecule has 734 valence electrons. The fourth-order valence-corrected chi connectivity index (χ4v) is 15.6. The number of aliphatic hydroxyl groups is 3. The number of aliphatic carboxylic acids is 1. The Balaban J connectivity index is 1.19. The van der Waals surface area contributed by atoms with Crippen LogP contribution in [-0.2, 0) is 101 Å². The van der Waals surface area contributed by atoms with Crippen LogP contribution in [0, 0.1) is 5.41 Å². The number of unbranched alkanes of at least 4 members (excludes halogenated alkanes) is 13. The van der Waals surface area contributed by atoms with Crippen molar-refractivity contribution in [2.45, 2.75) is 311 Å². The first-order valence-electron chi connectivity index (χ1n) is 46.2. The Kier molecular flexibility index (Phi) is 48.5. The molecule has 4 unspecified atom stereocenters. The number of benzene rings is 2. The van der Waals surface area contributed by atoms with Gasteiger partial charge in [-0.1, -0.05) is 152 Å². The van der Waals surface area contributed by atoms with Gasteiger partial charge in [-0.2, -0.15) is 0 Å². The van der Waals surface area contributed by atoms with Crippen LogP contribution >= 0.6 is 0 Å². The number of imidazole rings is 1. The number of nitrogens with two attached hydrogens (primary N) is 3. The zero-order valence-electron chi connectivity index (χ0n) is 76.2. The highest BCUT2D eigenvalue weighted by atomic mass is 16.4. The van der Waals surface area contributed by atoms with Gasteiger partial charge in [-0.3, -0.25) is 86.9 Å². The monoisotopic (exact) mass is 1860 g/mol. The number of carbonyl (C=O) groups is 17. The molecule has 43 heteroatoms. The van der Waals surface area contributed by atoms with Crippen LogP contribution in [0.15, 0.2) is 73.3 Å². The molecule has 133 heavy (non-hydrogen) atoms. The van der Waals surface area contributed by atoms with Crippen molar-refractivity contribution in [3.05, 3.63) is 90.1 Å². The third-order valence-electron chi connectivity index (χ3n) is 23.1. The summed E-state index contributed by atoms with van der Waals surface area (Å²) in [5.74, 6) is -16.9. The Bertz CT molecular complexity index is 4480. The summed E-state index contributed by atoms with van der Waals surface area (Å²) in [4.78, 5) is 249. The summed E-state index contributed by atoms with van der Waals surface area (Å²) in [6.45, 7) is 2.41. The number of Topliss-reactive ketones (excluding diaryl/α,β-unsaturated/α-hetero) is 1. The van der Waals surface area contributed by atoms with Crippen molar-refractivity contribution < 1.29 is 102 Å². The van der Waals surface area contributed by atoms with Gasteiger partial charge in [0.05, 0.1) is 43.9 Å². The van der Waals surface area contributed by atoms with Crippen molar-refractivity contribution in [1.29, 1.82) is 5.41 Å². The molecule has 2 aliphatic heterocycles. The minimum atomic E-state index is -1.94. The van der Waals surface area contributed by atoms with Gasteiger partial charge >= 0.3 is 5.97 Å². The summed E-state index contributed by atoms with van der Waals surface area (Å²) < 4.78 is 0. The SMILES string of the molecule is CCCCCCCCCCCCCCCC(=O)NC(CCC(=O)O)C(=O)NCC(=O)N[C@H](C(=O)N[C@@H](CCC(N)=O)C(=O)N[C@@H](Cc1c[nH]cn1)C(=O)N[C@@H](CO)C(=O)N[C@@H](CCCC)C(=O)N[C@H]1CCC(=O)CNCCCC[C@@H](C(N)=O)NC(=O)[C@H](Cc2c[nH]c3ccccc23)NC(=O)[C@H](CCCNC(=N)N)NC(=O)C(Cc2ccccc2)NC(=O)[C@@H]2CC(O)CN2C1=O)C(C)O. The number of carboxylic acids is 1. The smallest absolute Gasteiger partial charge is 0.303 e. The molecule has 2 aromatic carbocycles. The number of aliphatic hydroxyl groups excluding tert-OH is 3. The fraction of sp³-hybridized carbons (Fsp3) is 0.611. The lowest BCUT2D eigenvalue weighted by molar-refractivity contribution is -0.143. The number of nitrogens with one attached hydrogen (secondary N) is 17. The van der Waals surface area contributed by atoms with E-state index in [1.54, 1.807) is 61.7 Å². The predicted octanol–water partition coefficient (Wildman–Crippen LogP) is -1.62. The normalized spacial score (nSPS) is 19.5. The maximum Gasteiger partial charge on any atom is 0.303 e. The van der Waals surface area contributed by atoms with E-state index in [2.05, 4.69) is 96.3 Å². The van der Waals surface area contributed by atoms with Crippen molar-refractivity contribution in [2.75, 3.05) is 39.3 Å². The van der Waals surface area contributed by atoms with Crippen molar-refractivity contribution in [3.8, 4) is 0 Å². The van der Waals surface area contributed by atoms with Gasteiger partial charge in [-0.15, -0.1) is 0 Å². The number of rotatable bonds is 51. The summed E-state index contributed by atoms with van der Waals surface area (Å²) >= 11 is 0. The number of fused-ring (bicyclic) bond motifs is 2. The van der Waals surface area contributed by atoms with E-state index in [0.717, 1.165) is 43.9 Å². The number of hydrogen-bond acceptors (Lipinski definition) is 23. The van der Waals surface area contributed by atoms with E-state index in [4.69, 9.17) is 22.6 Å². The maximum atomic E-state index is 15.4. The second-order valence-corrected chi connectivity index (χ2v) is 34.0. The summed E-state index contributed by atoms with van der Waals surface area (Å²) in [5, 5.41) is 87.0. The summed E-state index contributed by atoms with van der Waals surface area (Å²) in [5.41, 5.74) is 18.9. The van der Waals surface area contributed by atoms with Crippen molar-refractivity contribution in [1.82, 2.24) is 94.3 Å². The molecule has 0 bridgehead atoms. The number of aromatic amines is 2. The van der Waals surface area contributed by atoms with E-state index in [9.17, 15) is 87.5 Å². The molecule has 2 aromatic heterocycles. The molecule has 6 rings (SSSR count). The van der Waals surface area contributed by atoms with Gasteiger partial charge in [0.25, 0.3) is 0 Å².